The zero-order valence-corrected chi connectivity index (χ0v) is 12.6. The smallest absolute Gasteiger partial charge is 0.303 e. The largest absolute Gasteiger partial charge is 0.481 e. The highest BCUT2D eigenvalue weighted by Crippen LogP contribution is 2.51. The number of halogens is 2. The van der Waals surface area contributed by atoms with Crippen LogP contribution in [-0.4, -0.2) is 11.1 Å². The number of rotatable bonds is 5. The number of carboxylic acids is 1. The Morgan fingerprint density at radius 2 is 1.90 bits per heavy atom. The molecule has 0 spiro atoms. The molecule has 1 aromatic rings. The molecule has 4 heteroatoms. The van der Waals surface area contributed by atoms with E-state index < -0.39 is 17.3 Å². The standard InChI is InChI=1S/C17H22F2O2/c1-12-5-6-14(13(2)9-12)17(18,19)11-16(10-15(20)21)7-3-4-8-16/h5-6,9H,3-4,7-8,10-11H2,1-2H3,(H,20,21). The summed E-state index contributed by atoms with van der Waals surface area (Å²) >= 11 is 0. The van der Waals surface area contributed by atoms with E-state index in [0.29, 0.717) is 18.4 Å². The van der Waals surface area contributed by atoms with Crippen LogP contribution in [0.1, 0.15) is 55.2 Å². The molecule has 1 fully saturated rings. The van der Waals surface area contributed by atoms with Crippen molar-refractivity contribution in [1.82, 2.24) is 0 Å². The van der Waals surface area contributed by atoms with Gasteiger partial charge in [0.1, 0.15) is 0 Å². The van der Waals surface area contributed by atoms with Crippen molar-refractivity contribution < 1.29 is 18.7 Å². The van der Waals surface area contributed by atoms with E-state index in [1.54, 1.807) is 19.1 Å². The predicted octanol–water partition coefficient (Wildman–Crippen LogP) is 4.82. The van der Waals surface area contributed by atoms with Crippen LogP contribution in [0.2, 0.25) is 0 Å². The van der Waals surface area contributed by atoms with Crippen molar-refractivity contribution in [2.75, 3.05) is 0 Å². The van der Waals surface area contributed by atoms with E-state index in [-0.39, 0.29) is 18.4 Å². The third kappa shape index (κ3) is 3.60. The van der Waals surface area contributed by atoms with Gasteiger partial charge in [-0.25, -0.2) is 8.78 Å². The minimum absolute atomic E-state index is 0.0322. The maximum absolute atomic E-state index is 14.7. The highest BCUT2D eigenvalue weighted by atomic mass is 19.3. The van der Waals surface area contributed by atoms with Crippen LogP contribution in [0, 0.1) is 19.3 Å². The normalized spacial score (nSPS) is 17.9. The van der Waals surface area contributed by atoms with Crippen molar-refractivity contribution in [3.63, 3.8) is 0 Å². The lowest BCUT2D eigenvalue weighted by molar-refractivity contribution is -0.141. The first-order chi connectivity index (χ1) is 9.74. The van der Waals surface area contributed by atoms with Crippen molar-refractivity contribution in [3.05, 3.63) is 34.9 Å². The Morgan fingerprint density at radius 3 is 2.43 bits per heavy atom. The summed E-state index contributed by atoms with van der Waals surface area (Å²) < 4.78 is 29.4. The molecule has 0 atom stereocenters. The summed E-state index contributed by atoms with van der Waals surface area (Å²) in [6.45, 7) is 3.56. The van der Waals surface area contributed by atoms with E-state index >= 15 is 0 Å². The number of aliphatic carboxylic acids is 1. The Morgan fingerprint density at radius 1 is 1.29 bits per heavy atom. The van der Waals surface area contributed by atoms with E-state index in [1.165, 1.54) is 6.07 Å². The quantitative estimate of drug-likeness (QED) is 0.845. The first-order valence-electron chi connectivity index (χ1n) is 7.42. The van der Waals surface area contributed by atoms with Crippen molar-refractivity contribution >= 4 is 5.97 Å². The van der Waals surface area contributed by atoms with Gasteiger partial charge in [0.2, 0.25) is 0 Å². The first kappa shape index (κ1) is 15.9. The molecule has 1 N–H and O–H groups in total. The van der Waals surface area contributed by atoms with Crippen LogP contribution in [0.25, 0.3) is 0 Å². The molecular weight excluding hydrogens is 274 g/mol. The van der Waals surface area contributed by atoms with Gasteiger partial charge in [0, 0.05) is 12.0 Å². The van der Waals surface area contributed by atoms with Gasteiger partial charge < -0.3 is 5.11 Å². The Hall–Kier alpha value is -1.45. The minimum Gasteiger partial charge on any atom is -0.481 e. The second kappa shape index (κ2) is 5.74. The van der Waals surface area contributed by atoms with Gasteiger partial charge in [-0.2, -0.15) is 0 Å². The van der Waals surface area contributed by atoms with E-state index in [4.69, 9.17) is 5.11 Å². The van der Waals surface area contributed by atoms with Crippen molar-refractivity contribution in [3.8, 4) is 0 Å². The van der Waals surface area contributed by atoms with Crippen LogP contribution in [0.15, 0.2) is 18.2 Å². The average Bonchev–Trinajstić information content (AvgIpc) is 2.74. The Bertz CT molecular complexity index is 532. The molecule has 116 valence electrons. The van der Waals surface area contributed by atoms with Crippen LogP contribution in [-0.2, 0) is 10.7 Å². The van der Waals surface area contributed by atoms with E-state index in [9.17, 15) is 13.6 Å². The van der Waals surface area contributed by atoms with Crippen LogP contribution in [0.3, 0.4) is 0 Å². The van der Waals surface area contributed by atoms with Crippen LogP contribution < -0.4 is 0 Å². The van der Waals surface area contributed by atoms with Crippen molar-refractivity contribution in [2.24, 2.45) is 5.41 Å². The molecule has 1 aromatic carbocycles. The predicted molar refractivity (Wildman–Crippen MR) is 77.6 cm³/mol. The Labute approximate surface area is 124 Å². The molecule has 21 heavy (non-hydrogen) atoms. The molecule has 0 amide bonds. The number of carbonyl (C=O) groups is 1. The Balaban J connectivity index is 2.27. The number of hydrogen-bond acceptors (Lipinski definition) is 1. The number of hydrogen-bond donors (Lipinski definition) is 1. The van der Waals surface area contributed by atoms with Crippen LogP contribution >= 0.6 is 0 Å². The highest BCUT2D eigenvalue weighted by Gasteiger charge is 2.46. The molecule has 0 aliphatic heterocycles. The molecule has 0 bridgehead atoms. The molecule has 0 saturated heterocycles. The van der Waals surface area contributed by atoms with Gasteiger partial charge in [-0.1, -0.05) is 36.6 Å². The van der Waals surface area contributed by atoms with Gasteiger partial charge in [-0.05, 0) is 37.7 Å². The minimum atomic E-state index is -2.97. The monoisotopic (exact) mass is 296 g/mol. The Kier molecular flexibility index (Phi) is 4.35. The second-order valence-corrected chi connectivity index (χ2v) is 6.48. The summed E-state index contributed by atoms with van der Waals surface area (Å²) in [6.07, 6.45) is 2.33. The molecule has 1 aliphatic carbocycles. The van der Waals surface area contributed by atoms with Crippen molar-refractivity contribution in [2.45, 2.75) is 58.3 Å². The van der Waals surface area contributed by atoms with Gasteiger partial charge >= 0.3 is 5.97 Å². The fraction of sp³-hybridized carbons (Fsp3) is 0.588. The van der Waals surface area contributed by atoms with Crippen molar-refractivity contribution in [1.29, 1.82) is 0 Å². The summed E-state index contributed by atoms with van der Waals surface area (Å²) in [5.74, 6) is -3.95. The third-order valence-electron chi connectivity index (χ3n) is 4.56. The number of aryl methyl sites for hydroxylation is 2. The fourth-order valence-corrected chi connectivity index (χ4v) is 3.65. The molecule has 0 radical (unpaired) electrons. The summed E-state index contributed by atoms with van der Waals surface area (Å²) in [7, 11) is 0. The zero-order valence-electron chi connectivity index (χ0n) is 12.6. The summed E-state index contributed by atoms with van der Waals surface area (Å²) in [5.41, 5.74) is 0.800. The lowest BCUT2D eigenvalue weighted by atomic mass is 9.76. The average molecular weight is 296 g/mol. The molecule has 0 unspecified atom stereocenters. The lowest BCUT2D eigenvalue weighted by Gasteiger charge is -2.32. The SMILES string of the molecule is Cc1ccc(C(F)(F)CC2(CC(=O)O)CCCC2)c(C)c1. The van der Waals surface area contributed by atoms with E-state index in [1.807, 2.05) is 6.92 Å². The van der Waals surface area contributed by atoms with Gasteiger partial charge in [0.05, 0.1) is 6.42 Å². The summed E-state index contributed by atoms with van der Waals surface area (Å²) in [4.78, 5) is 11.0. The van der Waals surface area contributed by atoms with E-state index in [0.717, 1.165) is 18.4 Å². The summed E-state index contributed by atoms with van der Waals surface area (Å²) in [6, 6.07) is 4.92. The first-order valence-corrected chi connectivity index (χ1v) is 7.42. The number of alkyl halides is 2. The molecule has 0 aromatic heterocycles. The molecule has 1 saturated carbocycles. The third-order valence-corrected chi connectivity index (χ3v) is 4.56. The van der Waals surface area contributed by atoms with Gasteiger partial charge in [-0.15, -0.1) is 0 Å². The molecular formula is C17H22F2O2. The highest BCUT2D eigenvalue weighted by molar-refractivity contribution is 5.67. The number of benzene rings is 1. The second-order valence-electron chi connectivity index (χ2n) is 6.48. The maximum Gasteiger partial charge on any atom is 0.303 e. The number of carboxylic acid groups (broad SMARTS) is 1. The van der Waals surface area contributed by atoms with Gasteiger partial charge in [0.15, 0.2) is 0 Å². The molecule has 0 heterocycles. The molecule has 2 rings (SSSR count). The topological polar surface area (TPSA) is 37.3 Å². The zero-order chi connectivity index (χ0) is 15.7. The van der Waals surface area contributed by atoms with Gasteiger partial charge in [0.25, 0.3) is 5.92 Å². The summed E-state index contributed by atoms with van der Waals surface area (Å²) in [5, 5.41) is 9.05. The molecule has 2 nitrogen and oxygen atoms in total. The molecule has 1 aliphatic rings. The van der Waals surface area contributed by atoms with E-state index in [2.05, 4.69) is 0 Å². The maximum atomic E-state index is 14.7. The van der Waals surface area contributed by atoms with Crippen LogP contribution in [0.4, 0.5) is 8.78 Å². The van der Waals surface area contributed by atoms with Crippen LogP contribution in [0.5, 0.6) is 0 Å². The lowest BCUT2D eigenvalue weighted by Crippen LogP contribution is -2.30. The fourth-order valence-electron chi connectivity index (χ4n) is 3.65. The van der Waals surface area contributed by atoms with Gasteiger partial charge in [-0.3, -0.25) is 4.79 Å².